The summed E-state index contributed by atoms with van der Waals surface area (Å²) in [5.74, 6) is 0. The average Bonchev–Trinajstić information content (AvgIpc) is 2.98. The van der Waals surface area contributed by atoms with E-state index in [9.17, 15) is 13.2 Å². The van der Waals surface area contributed by atoms with Crippen molar-refractivity contribution in [2.45, 2.75) is 38.8 Å². The van der Waals surface area contributed by atoms with Crippen molar-refractivity contribution in [3.05, 3.63) is 47.9 Å². The van der Waals surface area contributed by atoms with Gasteiger partial charge in [0.05, 0.1) is 17.3 Å². The molecule has 0 saturated carbocycles. The number of hydrogen-bond acceptors (Lipinski definition) is 4. The molecule has 1 saturated heterocycles. The molecule has 3 aromatic rings. The fourth-order valence-corrected chi connectivity index (χ4v) is 4.00. The molecule has 1 fully saturated rings. The Hall–Kier alpha value is -2.45. The van der Waals surface area contributed by atoms with E-state index >= 15 is 0 Å². The highest BCUT2D eigenvalue weighted by molar-refractivity contribution is 5.95. The first-order chi connectivity index (χ1) is 13.7. The van der Waals surface area contributed by atoms with Gasteiger partial charge in [-0.2, -0.15) is 18.3 Å². The Kier molecular flexibility index (Phi) is 5.08. The molecule has 0 unspecified atom stereocenters. The maximum Gasteiger partial charge on any atom is 0.415 e. The van der Waals surface area contributed by atoms with Crippen molar-refractivity contribution in [2.75, 3.05) is 13.1 Å². The summed E-state index contributed by atoms with van der Waals surface area (Å²) in [6.07, 6.45) is -2.83. The lowest BCUT2D eigenvalue weighted by molar-refractivity contribution is -0.252. The molecule has 0 amide bonds. The molecular weight excluding hydrogens is 381 g/mol. The number of morpholine rings is 1. The molecule has 0 radical (unpaired) electrons. The Bertz CT molecular complexity index is 1030. The molecule has 0 bridgehead atoms. The highest BCUT2D eigenvalue weighted by Crippen LogP contribution is 2.31. The molecule has 0 N–H and O–H groups in total. The number of aryl methyl sites for hydroxylation is 2. The minimum atomic E-state index is -4.35. The number of benzene rings is 1. The van der Waals surface area contributed by atoms with Crippen LogP contribution >= 0.6 is 0 Å². The first-order valence-corrected chi connectivity index (χ1v) is 9.53. The average molecular weight is 404 g/mol. The van der Waals surface area contributed by atoms with Crippen LogP contribution in [0.25, 0.3) is 22.0 Å². The molecule has 1 aromatic carbocycles. The van der Waals surface area contributed by atoms with E-state index < -0.39 is 18.4 Å². The molecule has 1 aliphatic rings. The number of hydrogen-bond donors (Lipinski definition) is 0. The van der Waals surface area contributed by atoms with Gasteiger partial charge in [-0.05, 0) is 37.1 Å². The maximum absolute atomic E-state index is 13.1. The fourth-order valence-electron chi connectivity index (χ4n) is 4.00. The maximum atomic E-state index is 13.1. The number of alkyl halides is 3. The van der Waals surface area contributed by atoms with Gasteiger partial charge in [0.1, 0.15) is 0 Å². The lowest BCUT2D eigenvalue weighted by Crippen LogP contribution is -2.51. The van der Waals surface area contributed by atoms with Crippen molar-refractivity contribution in [2.24, 2.45) is 7.05 Å². The van der Waals surface area contributed by atoms with Gasteiger partial charge in [0.15, 0.2) is 6.10 Å². The molecule has 2 aromatic heterocycles. The SMILES string of the molecule is Cc1nn(C)cc1-c1ccnc2cc(CN3C[C@@H](C)O[C@@H](C(F)(F)F)C3)ccc12. The van der Waals surface area contributed by atoms with Gasteiger partial charge in [0.2, 0.25) is 0 Å². The Labute approximate surface area is 167 Å². The first-order valence-electron chi connectivity index (χ1n) is 9.53. The van der Waals surface area contributed by atoms with Crippen LogP contribution in [-0.2, 0) is 18.3 Å². The van der Waals surface area contributed by atoms with E-state index in [1.54, 1.807) is 22.7 Å². The van der Waals surface area contributed by atoms with Gasteiger partial charge < -0.3 is 4.74 Å². The van der Waals surface area contributed by atoms with Crippen LogP contribution in [0.1, 0.15) is 18.2 Å². The largest absolute Gasteiger partial charge is 0.415 e. The number of nitrogens with zero attached hydrogens (tertiary/aromatic N) is 4. The van der Waals surface area contributed by atoms with E-state index in [4.69, 9.17) is 4.74 Å². The summed E-state index contributed by atoms with van der Waals surface area (Å²) in [4.78, 5) is 6.27. The van der Waals surface area contributed by atoms with Gasteiger partial charge in [-0.3, -0.25) is 14.6 Å². The number of rotatable bonds is 3. The van der Waals surface area contributed by atoms with E-state index in [0.717, 1.165) is 33.3 Å². The topological polar surface area (TPSA) is 43.2 Å². The summed E-state index contributed by atoms with van der Waals surface area (Å²) in [6, 6.07) is 7.86. The molecule has 0 aliphatic carbocycles. The second kappa shape index (κ2) is 7.42. The zero-order chi connectivity index (χ0) is 20.8. The lowest BCUT2D eigenvalue weighted by atomic mass is 10.0. The van der Waals surface area contributed by atoms with Gasteiger partial charge >= 0.3 is 6.18 Å². The first kappa shape index (κ1) is 19.8. The Morgan fingerprint density at radius 3 is 2.66 bits per heavy atom. The van der Waals surface area contributed by atoms with Crippen LogP contribution in [0.4, 0.5) is 13.2 Å². The zero-order valence-electron chi connectivity index (χ0n) is 16.6. The standard InChI is InChI=1S/C21H23F3N4O/c1-13-9-28(12-20(29-13)21(22,23)24)10-15-4-5-17-16(6-7-25-19(17)8-15)18-11-27(3)26-14(18)2/h4-8,11,13,20H,9-10,12H2,1-3H3/t13-,20-/m1/s1. The quantitative estimate of drug-likeness (QED) is 0.659. The summed E-state index contributed by atoms with van der Waals surface area (Å²) in [7, 11) is 1.88. The van der Waals surface area contributed by atoms with Crippen LogP contribution in [-0.4, -0.2) is 51.1 Å². The van der Waals surface area contributed by atoms with E-state index in [2.05, 4.69) is 10.1 Å². The highest BCUT2D eigenvalue weighted by Gasteiger charge is 2.44. The molecule has 0 spiro atoms. The van der Waals surface area contributed by atoms with Crippen molar-refractivity contribution < 1.29 is 17.9 Å². The third-order valence-corrected chi connectivity index (χ3v) is 5.22. The third kappa shape index (κ3) is 4.13. The molecule has 4 rings (SSSR count). The van der Waals surface area contributed by atoms with E-state index in [-0.39, 0.29) is 6.54 Å². The molecule has 5 nitrogen and oxygen atoms in total. The Morgan fingerprint density at radius 1 is 1.17 bits per heavy atom. The van der Waals surface area contributed by atoms with Crippen LogP contribution in [0.5, 0.6) is 0 Å². The minimum absolute atomic E-state index is 0.159. The second-order valence-electron chi connectivity index (χ2n) is 7.68. The molecule has 3 heterocycles. The molecule has 1 aliphatic heterocycles. The van der Waals surface area contributed by atoms with Crippen molar-refractivity contribution in [3.8, 4) is 11.1 Å². The van der Waals surface area contributed by atoms with E-state index in [1.165, 1.54) is 0 Å². The normalized spacial score (nSPS) is 21.0. The highest BCUT2D eigenvalue weighted by atomic mass is 19.4. The fraction of sp³-hybridized carbons (Fsp3) is 0.429. The Morgan fingerprint density at radius 2 is 1.97 bits per heavy atom. The smallest absolute Gasteiger partial charge is 0.363 e. The minimum Gasteiger partial charge on any atom is -0.363 e. The van der Waals surface area contributed by atoms with Crippen LogP contribution in [0.3, 0.4) is 0 Å². The van der Waals surface area contributed by atoms with Crippen molar-refractivity contribution in [3.63, 3.8) is 0 Å². The Balaban J connectivity index is 1.61. The molecule has 29 heavy (non-hydrogen) atoms. The number of ether oxygens (including phenoxy) is 1. The van der Waals surface area contributed by atoms with Crippen molar-refractivity contribution >= 4 is 10.9 Å². The van der Waals surface area contributed by atoms with E-state index in [0.29, 0.717) is 13.1 Å². The van der Waals surface area contributed by atoms with Gasteiger partial charge in [-0.1, -0.05) is 12.1 Å². The summed E-state index contributed by atoms with van der Waals surface area (Å²) in [5, 5.41) is 5.41. The lowest BCUT2D eigenvalue weighted by Gasteiger charge is -2.37. The summed E-state index contributed by atoms with van der Waals surface area (Å²) in [5.41, 5.74) is 4.77. The van der Waals surface area contributed by atoms with Crippen molar-refractivity contribution in [1.82, 2.24) is 19.7 Å². The molecular formula is C21H23F3N4O. The predicted molar refractivity (Wildman–Crippen MR) is 104 cm³/mol. The number of fused-ring (bicyclic) bond motifs is 1. The second-order valence-corrected chi connectivity index (χ2v) is 7.68. The summed E-state index contributed by atoms with van der Waals surface area (Å²) < 4.78 is 46.2. The van der Waals surface area contributed by atoms with Crippen LogP contribution in [0.15, 0.2) is 36.7 Å². The van der Waals surface area contributed by atoms with Crippen LogP contribution in [0.2, 0.25) is 0 Å². The van der Waals surface area contributed by atoms with E-state index in [1.807, 2.05) is 44.4 Å². The number of aromatic nitrogens is 3. The zero-order valence-corrected chi connectivity index (χ0v) is 16.6. The molecule has 154 valence electrons. The summed E-state index contributed by atoms with van der Waals surface area (Å²) >= 11 is 0. The van der Waals surface area contributed by atoms with Crippen molar-refractivity contribution in [1.29, 1.82) is 0 Å². The van der Waals surface area contributed by atoms with Gasteiger partial charge in [-0.25, -0.2) is 0 Å². The number of pyridine rings is 1. The monoisotopic (exact) mass is 404 g/mol. The van der Waals surface area contributed by atoms with Gasteiger partial charge in [0, 0.05) is 50.0 Å². The van der Waals surface area contributed by atoms with Gasteiger partial charge in [-0.15, -0.1) is 0 Å². The molecule has 2 atom stereocenters. The summed E-state index contributed by atoms with van der Waals surface area (Å²) in [6.45, 7) is 4.37. The van der Waals surface area contributed by atoms with Crippen LogP contribution < -0.4 is 0 Å². The number of halogens is 3. The predicted octanol–water partition coefficient (Wildman–Crippen LogP) is 4.10. The molecule has 8 heteroatoms. The van der Waals surface area contributed by atoms with Gasteiger partial charge in [0.25, 0.3) is 0 Å². The third-order valence-electron chi connectivity index (χ3n) is 5.22. The van der Waals surface area contributed by atoms with Crippen LogP contribution in [0, 0.1) is 6.92 Å².